The monoisotopic (exact) mass is 245 g/mol. The molecule has 0 spiro atoms. The lowest BCUT2D eigenvalue weighted by molar-refractivity contribution is 0.0593. The van der Waals surface area contributed by atoms with E-state index >= 15 is 0 Å². The smallest absolute Gasteiger partial charge is 0.0373 e. The molecule has 0 bridgehead atoms. The first-order chi connectivity index (χ1) is 8.66. The molecule has 0 amide bonds. The zero-order valence-electron chi connectivity index (χ0n) is 11.3. The normalized spacial score (nSPS) is 33.6. The minimum Gasteiger partial charge on any atom is -0.324 e. The van der Waals surface area contributed by atoms with Crippen molar-refractivity contribution in [3.63, 3.8) is 0 Å². The van der Waals surface area contributed by atoms with Crippen molar-refractivity contribution in [1.29, 1.82) is 0 Å². The van der Waals surface area contributed by atoms with Gasteiger partial charge in [-0.3, -0.25) is 4.90 Å². The highest BCUT2D eigenvalue weighted by Gasteiger charge is 2.36. The van der Waals surface area contributed by atoms with Crippen molar-refractivity contribution in [2.24, 2.45) is 5.73 Å². The van der Waals surface area contributed by atoms with Gasteiger partial charge in [-0.1, -0.05) is 24.3 Å². The molecule has 0 radical (unpaired) electrons. The second-order valence-electron chi connectivity index (χ2n) is 5.84. The van der Waals surface area contributed by atoms with Crippen LogP contribution in [0.15, 0.2) is 24.3 Å². The van der Waals surface area contributed by atoms with Gasteiger partial charge in [0, 0.05) is 37.8 Å². The molecule has 1 saturated heterocycles. The third-order valence-corrected chi connectivity index (χ3v) is 4.51. The molecule has 3 atom stereocenters. The van der Waals surface area contributed by atoms with Gasteiger partial charge in [0.25, 0.3) is 0 Å². The second kappa shape index (κ2) is 4.65. The Morgan fingerprint density at radius 2 is 1.89 bits per heavy atom. The second-order valence-corrected chi connectivity index (χ2v) is 5.84. The van der Waals surface area contributed by atoms with Gasteiger partial charge in [-0.05, 0) is 31.5 Å². The molecule has 2 N–H and O–H groups in total. The van der Waals surface area contributed by atoms with Gasteiger partial charge in [0.05, 0.1) is 0 Å². The number of benzene rings is 1. The Balaban J connectivity index is 1.86. The number of likely N-dealkylation sites (N-methyl/N-ethyl adjacent to an activating group) is 1. The zero-order chi connectivity index (χ0) is 12.7. The minimum atomic E-state index is 0.220. The topological polar surface area (TPSA) is 32.5 Å². The lowest BCUT2D eigenvalue weighted by Crippen LogP contribution is -2.51. The number of nitrogens with zero attached hydrogens (tertiary/aromatic N) is 2. The minimum absolute atomic E-state index is 0.220. The molecule has 0 aromatic heterocycles. The van der Waals surface area contributed by atoms with Crippen molar-refractivity contribution in [2.45, 2.75) is 31.5 Å². The number of fused-ring (bicyclic) bond motifs is 1. The van der Waals surface area contributed by atoms with Crippen LogP contribution < -0.4 is 5.73 Å². The average molecular weight is 245 g/mol. The Morgan fingerprint density at radius 3 is 2.61 bits per heavy atom. The Hall–Kier alpha value is -0.900. The van der Waals surface area contributed by atoms with E-state index in [0.717, 1.165) is 26.1 Å². The molecule has 1 aromatic rings. The first-order valence-electron chi connectivity index (χ1n) is 6.95. The summed E-state index contributed by atoms with van der Waals surface area (Å²) < 4.78 is 0. The number of piperazine rings is 1. The van der Waals surface area contributed by atoms with Crippen LogP contribution in [0.5, 0.6) is 0 Å². The molecule has 18 heavy (non-hydrogen) atoms. The molecule has 3 rings (SSSR count). The van der Waals surface area contributed by atoms with Crippen molar-refractivity contribution in [1.82, 2.24) is 9.80 Å². The molecule has 1 aliphatic heterocycles. The fourth-order valence-corrected chi connectivity index (χ4v) is 3.58. The summed E-state index contributed by atoms with van der Waals surface area (Å²) in [5.41, 5.74) is 9.09. The summed E-state index contributed by atoms with van der Waals surface area (Å²) in [4.78, 5) is 5.06. The Bertz CT molecular complexity index is 432. The molecule has 1 fully saturated rings. The van der Waals surface area contributed by atoms with Crippen LogP contribution in [0.3, 0.4) is 0 Å². The van der Waals surface area contributed by atoms with E-state index in [2.05, 4.69) is 48.0 Å². The van der Waals surface area contributed by atoms with Gasteiger partial charge in [0.1, 0.15) is 0 Å². The van der Waals surface area contributed by atoms with Crippen molar-refractivity contribution in [2.75, 3.05) is 26.7 Å². The molecule has 3 heteroatoms. The summed E-state index contributed by atoms with van der Waals surface area (Å²) in [6, 6.07) is 10.1. The molecule has 1 aliphatic carbocycles. The fraction of sp³-hybridized carbons (Fsp3) is 0.600. The molecule has 1 heterocycles. The van der Waals surface area contributed by atoms with E-state index in [0.29, 0.717) is 12.1 Å². The highest BCUT2D eigenvalue weighted by molar-refractivity contribution is 5.37. The van der Waals surface area contributed by atoms with Gasteiger partial charge in [-0.2, -0.15) is 0 Å². The van der Waals surface area contributed by atoms with Crippen LogP contribution >= 0.6 is 0 Å². The maximum absolute atomic E-state index is 6.28. The van der Waals surface area contributed by atoms with E-state index in [1.165, 1.54) is 11.1 Å². The molecule has 1 aromatic carbocycles. The standard InChI is InChI=1S/C15H23N3/c1-11-10-17(2)7-8-18(11)15-9-14(16)12-5-3-4-6-13(12)15/h3-6,11,14-15H,7-10,16H2,1-2H3. The molecule has 98 valence electrons. The van der Waals surface area contributed by atoms with Gasteiger partial charge < -0.3 is 10.6 Å². The Labute approximate surface area is 110 Å². The molecular formula is C15H23N3. The van der Waals surface area contributed by atoms with Crippen molar-refractivity contribution < 1.29 is 0 Å². The third kappa shape index (κ3) is 1.96. The van der Waals surface area contributed by atoms with E-state index in [9.17, 15) is 0 Å². The maximum Gasteiger partial charge on any atom is 0.0373 e. The molecule has 3 nitrogen and oxygen atoms in total. The van der Waals surface area contributed by atoms with Gasteiger partial charge in [0.2, 0.25) is 0 Å². The highest BCUT2D eigenvalue weighted by atomic mass is 15.3. The first-order valence-corrected chi connectivity index (χ1v) is 6.95. The largest absolute Gasteiger partial charge is 0.324 e. The summed E-state index contributed by atoms with van der Waals surface area (Å²) in [5.74, 6) is 0. The number of nitrogens with two attached hydrogens (primary N) is 1. The van der Waals surface area contributed by atoms with Crippen LogP contribution in [0.25, 0.3) is 0 Å². The lowest BCUT2D eigenvalue weighted by atomic mass is 10.0. The van der Waals surface area contributed by atoms with Crippen LogP contribution in [0.4, 0.5) is 0 Å². The van der Waals surface area contributed by atoms with Crippen LogP contribution in [0.2, 0.25) is 0 Å². The summed E-state index contributed by atoms with van der Waals surface area (Å²) in [5, 5.41) is 0. The van der Waals surface area contributed by atoms with E-state index in [-0.39, 0.29) is 6.04 Å². The Kier molecular flexibility index (Phi) is 3.14. The zero-order valence-corrected chi connectivity index (χ0v) is 11.3. The van der Waals surface area contributed by atoms with E-state index in [1.807, 2.05) is 0 Å². The van der Waals surface area contributed by atoms with E-state index in [1.54, 1.807) is 0 Å². The van der Waals surface area contributed by atoms with Gasteiger partial charge >= 0.3 is 0 Å². The number of hydrogen-bond donors (Lipinski definition) is 1. The molecule has 0 saturated carbocycles. The fourth-order valence-electron chi connectivity index (χ4n) is 3.58. The Morgan fingerprint density at radius 1 is 1.17 bits per heavy atom. The SMILES string of the molecule is CC1CN(C)CCN1C1CC(N)c2ccccc21. The van der Waals surface area contributed by atoms with Crippen LogP contribution in [-0.2, 0) is 0 Å². The summed E-state index contributed by atoms with van der Waals surface area (Å²) in [6.07, 6.45) is 1.08. The summed E-state index contributed by atoms with van der Waals surface area (Å²) in [6.45, 7) is 5.82. The van der Waals surface area contributed by atoms with Gasteiger partial charge in [-0.25, -0.2) is 0 Å². The highest BCUT2D eigenvalue weighted by Crippen LogP contribution is 2.41. The van der Waals surface area contributed by atoms with Crippen LogP contribution in [-0.4, -0.2) is 42.5 Å². The maximum atomic E-state index is 6.28. The van der Waals surface area contributed by atoms with Gasteiger partial charge in [-0.15, -0.1) is 0 Å². The average Bonchev–Trinajstić information content (AvgIpc) is 2.68. The number of rotatable bonds is 1. The predicted molar refractivity (Wildman–Crippen MR) is 74.4 cm³/mol. The molecule has 3 unspecified atom stereocenters. The number of hydrogen-bond acceptors (Lipinski definition) is 3. The first kappa shape index (κ1) is 12.2. The van der Waals surface area contributed by atoms with E-state index in [4.69, 9.17) is 5.73 Å². The van der Waals surface area contributed by atoms with E-state index < -0.39 is 0 Å². The lowest BCUT2D eigenvalue weighted by Gasteiger charge is -2.42. The van der Waals surface area contributed by atoms with Crippen molar-refractivity contribution in [3.05, 3.63) is 35.4 Å². The van der Waals surface area contributed by atoms with Gasteiger partial charge in [0.15, 0.2) is 0 Å². The summed E-state index contributed by atoms with van der Waals surface area (Å²) >= 11 is 0. The van der Waals surface area contributed by atoms with Crippen molar-refractivity contribution >= 4 is 0 Å². The van der Waals surface area contributed by atoms with Crippen molar-refractivity contribution in [3.8, 4) is 0 Å². The molecule has 2 aliphatic rings. The quantitative estimate of drug-likeness (QED) is 0.818. The third-order valence-electron chi connectivity index (χ3n) is 4.51. The predicted octanol–water partition coefficient (Wildman–Crippen LogP) is 1.77. The molecular weight excluding hydrogens is 222 g/mol. The summed E-state index contributed by atoms with van der Waals surface area (Å²) in [7, 11) is 2.21. The van der Waals surface area contributed by atoms with Crippen LogP contribution in [0.1, 0.15) is 36.6 Å². The van der Waals surface area contributed by atoms with Crippen LogP contribution in [0, 0.1) is 0 Å².